The van der Waals surface area contributed by atoms with Crippen LogP contribution in [0.4, 0.5) is 0 Å². The summed E-state index contributed by atoms with van der Waals surface area (Å²) >= 11 is 0. The summed E-state index contributed by atoms with van der Waals surface area (Å²) in [4.78, 5) is 9.29. The summed E-state index contributed by atoms with van der Waals surface area (Å²) in [5.74, 6) is 0.956. The maximum Gasteiger partial charge on any atom is 0.150 e. The topological polar surface area (TPSA) is 35.1 Å². The van der Waals surface area contributed by atoms with Crippen LogP contribution in [-0.2, 0) is 7.05 Å². The monoisotopic (exact) mass is 280 g/mol. The first kappa shape index (κ1) is 13.6. The zero-order chi connectivity index (χ0) is 15.1. The molecule has 0 saturated heterocycles. The van der Waals surface area contributed by atoms with Gasteiger partial charge in [-0.15, -0.1) is 0 Å². The van der Waals surface area contributed by atoms with Gasteiger partial charge in [0, 0.05) is 25.5 Å². The van der Waals surface area contributed by atoms with Crippen LogP contribution in [0.3, 0.4) is 0 Å². The van der Waals surface area contributed by atoms with Gasteiger partial charge in [-0.05, 0) is 38.5 Å². The van der Waals surface area contributed by atoms with E-state index in [1.54, 1.807) is 0 Å². The number of para-hydroxylation sites is 1. The summed E-state index contributed by atoms with van der Waals surface area (Å²) in [5, 5.41) is 1.13. The Kier molecular flexibility index (Phi) is 3.16. The van der Waals surface area contributed by atoms with Crippen LogP contribution in [0.25, 0.3) is 16.7 Å². The minimum atomic E-state index is 0.956. The van der Waals surface area contributed by atoms with Gasteiger partial charge in [0.15, 0.2) is 5.65 Å². The molecule has 4 nitrogen and oxygen atoms in total. The van der Waals surface area contributed by atoms with E-state index in [0.717, 1.165) is 28.0 Å². The van der Waals surface area contributed by atoms with E-state index in [1.807, 2.05) is 31.7 Å². The minimum Gasteiger partial charge on any atom is -0.318 e. The highest BCUT2D eigenvalue weighted by molar-refractivity contribution is 5.83. The van der Waals surface area contributed by atoms with Gasteiger partial charge in [-0.2, -0.15) is 0 Å². The minimum absolute atomic E-state index is 0.956. The van der Waals surface area contributed by atoms with Crippen molar-refractivity contribution in [3.05, 3.63) is 52.9 Å². The molecule has 2 aromatic heterocycles. The highest BCUT2D eigenvalue weighted by atomic mass is 15.1. The number of fused-ring (bicyclic) bond motifs is 1. The maximum atomic E-state index is 4.81. The second-order valence-corrected chi connectivity index (χ2v) is 5.35. The highest BCUT2D eigenvalue weighted by Crippen LogP contribution is 2.25. The van der Waals surface area contributed by atoms with Crippen molar-refractivity contribution in [1.82, 2.24) is 14.1 Å². The first-order chi connectivity index (χ1) is 10.1. The van der Waals surface area contributed by atoms with Crippen molar-refractivity contribution in [1.29, 1.82) is 0 Å². The fourth-order valence-electron chi connectivity index (χ4n) is 2.86. The average molecular weight is 280 g/mol. The zero-order valence-electron chi connectivity index (χ0n) is 13.2. The standard InChI is InChI=1S/C17H20N4/c1-11-12(2)21(14-9-7-6-8-10-14)17-15(11)16(18-4)20(5)13(3)19-17/h6-10H,1-5H3. The van der Waals surface area contributed by atoms with E-state index in [9.17, 15) is 0 Å². The molecule has 0 atom stereocenters. The first-order valence-corrected chi connectivity index (χ1v) is 7.09. The molecule has 0 bridgehead atoms. The Morgan fingerprint density at radius 1 is 1.05 bits per heavy atom. The van der Waals surface area contributed by atoms with Crippen LogP contribution < -0.4 is 5.49 Å². The molecule has 3 rings (SSSR count). The normalized spacial score (nSPS) is 12.3. The van der Waals surface area contributed by atoms with Gasteiger partial charge in [-0.3, -0.25) is 9.56 Å². The lowest BCUT2D eigenvalue weighted by atomic mass is 10.2. The Bertz CT molecular complexity index is 883. The lowest BCUT2D eigenvalue weighted by molar-refractivity contribution is 0.767. The number of hydrogen-bond acceptors (Lipinski definition) is 2. The Labute approximate surface area is 124 Å². The largest absolute Gasteiger partial charge is 0.318 e. The predicted molar refractivity (Wildman–Crippen MR) is 85.7 cm³/mol. The Balaban J connectivity index is 2.55. The van der Waals surface area contributed by atoms with Crippen molar-refractivity contribution in [3.63, 3.8) is 0 Å². The van der Waals surface area contributed by atoms with Crippen molar-refractivity contribution >= 4 is 11.0 Å². The molecular weight excluding hydrogens is 260 g/mol. The van der Waals surface area contributed by atoms with Crippen molar-refractivity contribution in [2.24, 2.45) is 12.0 Å². The lowest BCUT2D eigenvalue weighted by Crippen LogP contribution is -2.22. The first-order valence-electron chi connectivity index (χ1n) is 7.09. The quantitative estimate of drug-likeness (QED) is 0.675. The zero-order valence-corrected chi connectivity index (χ0v) is 13.2. The van der Waals surface area contributed by atoms with Crippen molar-refractivity contribution in [3.8, 4) is 5.69 Å². The van der Waals surface area contributed by atoms with E-state index in [-0.39, 0.29) is 0 Å². The summed E-state index contributed by atoms with van der Waals surface area (Å²) in [5.41, 5.74) is 5.54. The molecule has 0 fully saturated rings. The molecule has 0 aliphatic carbocycles. The van der Waals surface area contributed by atoms with E-state index in [0.29, 0.717) is 0 Å². The van der Waals surface area contributed by atoms with Gasteiger partial charge in [0.05, 0.1) is 5.39 Å². The summed E-state index contributed by atoms with van der Waals surface area (Å²) in [6, 6.07) is 10.4. The van der Waals surface area contributed by atoms with Crippen LogP contribution in [0.2, 0.25) is 0 Å². The third-order valence-corrected chi connectivity index (χ3v) is 4.21. The molecule has 0 spiro atoms. The number of aromatic nitrogens is 3. The molecule has 0 N–H and O–H groups in total. The molecule has 2 heterocycles. The SMILES string of the molecule is CN=c1c2c(C)c(C)n(-c3ccccc3)c2nc(C)n1C. The van der Waals surface area contributed by atoms with E-state index in [2.05, 4.69) is 47.7 Å². The maximum absolute atomic E-state index is 4.81. The number of nitrogens with zero attached hydrogens (tertiary/aromatic N) is 4. The lowest BCUT2D eigenvalue weighted by Gasteiger charge is -2.09. The number of hydrogen-bond donors (Lipinski definition) is 0. The fourth-order valence-corrected chi connectivity index (χ4v) is 2.86. The summed E-state index contributed by atoms with van der Waals surface area (Å²) in [6.45, 7) is 6.29. The summed E-state index contributed by atoms with van der Waals surface area (Å²) in [7, 11) is 3.85. The number of rotatable bonds is 1. The van der Waals surface area contributed by atoms with Gasteiger partial charge < -0.3 is 4.57 Å². The van der Waals surface area contributed by atoms with Crippen LogP contribution in [-0.4, -0.2) is 21.2 Å². The molecular formula is C17H20N4. The van der Waals surface area contributed by atoms with E-state index in [1.165, 1.54) is 11.3 Å². The summed E-state index contributed by atoms with van der Waals surface area (Å²) in [6.07, 6.45) is 0. The predicted octanol–water partition coefficient (Wildman–Crippen LogP) is 2.82. The molecule has 21 heavy (non-hydrogen) atoms. The van der Waals surface area contributed by atoms with Crippen molar-refractivity contribution in [2.45, 2.75) is 20.8 Å². The van der Waals surface area contributed by atoms with Crippen LogP contribution in [0.5, 0.6) is 0 Å². The second kappa shape index (κ2) is 4.88. The van der Waals surface area contributed by atoms with E-state index >= 15 is 0 Å². The summed E-state index contributed by atoms with van der Waals surface area (Å²) < 4.78 is 4.26. The molecule has 108 valence electrons. The Morgan fingerprint density at radius 3 is 2.33 bits per heavy atom. The molecule has 0 radical (unpaired) electrons. The van der Waals surface area contributed by atoms with Crippen LogP contribution >= 0.6 is 0 Å². The number of aryl methyl sites for hydroxylation is 2. The average Bonchev–Trinajstić information content (AvgIpc) is 2.73. The Hall–Kier alpha value is -2.36. The van der Waals surface area contributed by atoms with Crippen molar-refractivity contribution < 1.29 is 0 Å². The molecule has 0 saturated carbocycles. The molecule has 3 aromatic rings. The molecule has 4 heteroatoms. The highest BCUT2D eigenvalue weighted by Gasteiger charge is 2.17. The Morgan fingerprint density at radius 2 is 1.71 bits per heavy atom. The van der Waals surface area contributed by atoms with Crippen molar-refractivity contribution in [2.75, 3.05) is 7.05 Å². The molecule has 0 aliphatic heterocycles. The molecule has 0 unspecified atom stereocenters. The van der Waals surface area contributed by atoms with Gasteiger partial charge in [0.1, 0.15) is 11.3 Å². The third kappa shape index (κ3) is 1.90. The van der Waals surface area contributed by atoms with Gasteiger partial charge in [-0.1, -0.05) is 18.2 Å². The van der Waals surface area contributed by atoms with E-state index < -0.39 is 0 Å². The second-order valence-electron chi connectivity index (χ2n) is 5.35. The van der Waals surface area contributed by atoms with Gasteiger partial charge in [0.25, 0.3) is 0 Å². The molecule has 1 aromatic carbocycles. The fraction of sp³-hybridized carbons (Fsp3) is 0.294. The van der Waals surface area contributed by atoms with Gasteiger partial charge in [-0.25, -0.2) is 4.98 Å². The third-order valence-electron chi connectivity index (χ3n) is 4.21. The van der Waals surface area contributed by atoms with Gasteiger partial charge >= 0.3 is 0 Å². The van der Waals surface area contributed by atoms with Crippen LogP contribution in [0.1, 0.15) is 17.1 Å². The number of benzene rings is 1. The molecule has 0 amide bonds. The van der Waals surface area contributed by atoms with Gasteiger partial charge in [0.2, 0.25) is 0 Å². The van der Waals surface area contributed by atoms with E-state index in [4.69, 9.17) is 4.98 Å². The molecule has 0 aliphatic rings. The smallest absolute Gasteiger partial charge is 0.150 e. The van der Waals surface area contributed by atoms with Crippen LogP contribution in [0, 0.1) is 20.8 Å². The van der Waals surface area contributed by atoms with Crippen LogP contribution in [0.15, 0.2) is 35.3 Å².